The first-order valence-corrected chi connectivity index (χ1v) is 4.36. The summed E-state index contributed by atoms with van der Waals surface area (Å²) in [5.74, 6) is 0.692. The van der Waals surface area contributed by atoms with Crippen LogP contribution in [-0.4, -0.2) is 6.21 Å². The van der Waals surface area contributed by atoms with E-state index in [1.165, 1.54) is 0 Å². The molecule has 1 nitrogen and oxygen atoms in total. The normalized spacial score (nSPS) is 11.2. The number of para-hydroxylation sites is 1. The predicted molar refractivity (Wildman–Crippen MR) is 54.0 cm³/mol. The molecule has 0 N–H and O–H groups in total. The maximum Gasteiger partial charge on any atom is 0.0625 e. The van der Waals surface area contributed by atoms with Gasteiger partial charge < -0.3 is 0 Å². The van der Waals surface area contributed by atoms with Gasteiger partial charge in [-0.15, -0.1) is 0 Å². The smallest absolute Gasteiger partial charge is 0.0625 e. The lowest BCUT2D eigenvalue weighted by Gasteiger charge is -1.96. The molecular weight excluding hydrogens is 146 g/mol. The number of benzene rings is 1. The molecule has 0 bridgehead atoms. The summed E-state index contributed by atoms with van der Waals surface area (Å²) in [7, 11) is 0. The van der Waals surface area contributed by atoms with Crippen molar-refractivity contribution >= 4 is 11.9 Å². The first-order valence-electron chi connectivity index (χ1n) is 4.36. The van der Waals surface area contributed by atoms with Gasteiger partial charge in [0.2, 0.25) is 0 Å². The fourth-order valence-electron chi connectivity index (χ4n) is 0.883. The summed E-state index contributed by atoms with van der Waals surface area (Å²) in [5, 5.41) is 0. The molecule has 12 heavy (non-hydrogen) atoms. The Morgan fingerprint density at radius 2 is 1.92 bits per heavy atom. The molecule has 0 unspecified atom stereocenters. The Morgan fingerprint density at radius 1 is 1.25 bits per heavy atom. The fraction of sp³-hybridized carbons (Fsp3) is 0.364. The maximum atomic E-state index is 4.32. The van der Waals surface area contributed by atoms with Crippen LogP contribution in [0.5, 0.6) is 0 Å². The zero-order valence-corrected chi connectivity index (χ0v) is 7.70. The maximum absolute atomic E-state index is 4.32. The summed E-state index contributed by atoms with van der Waals surface area (Å²) in [4.78, 5) is 4.32. The lowest BCUT2D eigenvalue weighted by molar-refractivity contribution is 0.690. The molecule has 64 valence electrons. The standard InChI is InChI=1S/C11H15N/c1-10(2)8-9-12-11-6-4-3-5-7-11/h3-7,9-10H,8H2,1-2H3. The molecule has 1 rings (SSSR count). The Hall–Kier alpha value is -1.11. The summed E-state index contributed by atoms with van der Waals surface area (Å²) < 4.78 is 0. The van der Waals surface area contributed by atoms with Crippen LogP contribution in [0.3, 0.4) is 0 Å². The van der Waals surface area contributed by atoms with Gasteiger partial charge in [-0.05, 0) is 24.5 Å². The summed E-state index contributed by atoms with van der Waals surface area (Å²) in [5.41, 5.74) is 1.04. The van der Waals surface area contributed by atoms with Gasteiger partial charge in [0, 0.05) is 6.21 Å². The van der Waals surface area contributed by atoms with E-state index in [0.29, 0.717) is 5.92 Å². The Bertz CT molecular complexity index is 236. The second-order valence-electron chi connectivity index (χ2n) is 3.28. The number of hydrogen-bond acceptors (Lipinski definition) is 1. The Balaban J connectivity index is 2.47. The monoisotopic (exact) mass is 161 g/mol. The molecule has 0 aromatic heterocycles. The minimum absolute atomic E-state index is 0.692. The molecule has 0 saturated carbocycles. The predicted octanol–water partition coefficient (Wildman–Crippen LogP) is 3.44. The van der Waals surface area contributed by atoms with Crippen LogP contribution < -0.4 is 0 Å². The summed E-state index contributed by atoms with van der Waals surface area (Å²) in [6.45, 7) is 4.38. The number of rotatable bonds is 3. The van der Waals surface area contributed by atoms with Crippen molar-refractivity contribution in [1.82, 2.24) is 0 Å². The largest absolute Gasteiger partial charge is 0.261 e. The quantitative estimate of drug-likeness (QED) is 0.602. The van der Waals surface area contributed by atoms with E-state index in [0.717, 1.165) is 12.1 Å². The van der Waals surface area contributed by atoms with Gasteiger partial charge in [0.05, 0.1) is 5.69 Å². The van der Waals surface area contributed by atoms with E-state index < -0.39 is 0 Å². The molecule has 0 heterocycles. The van der Waals surface area contributed by atoms with Crippen LogP contribution in [0.25, 0.3) is 0 Å². The van der Waals surface area contributed by atoms with E-state index in [9.17, 15) is 0 Å². The van der Waals surface area contributed by atoms with Crippen LogP contribution in [0.2, 0.25) is 0 Å². The van der Waals surface area contributed by atoms with Crippen LogP contribution in [0.15, 0.2) is 35.3 Å². The van der Waals surface area contributed by atoms with Crippen LogP contribution in [-0.2, 0) is 0 Å². The molecule has 1 aromatic rings. The molecule has 0 atom stereocenters. The zero-order valence-electron chi connectivity index (χ0n) is 7.70. The van der Waals surface area contributed by atoms with Crippen molar-refractivity contribution in [3.05, 3.63) is 30.3 Å². The average Bonchev–Trinajstić information content (AvgIpc) is 2.05. The number of hydrogen-bond donors (Lipinski definition) is 0. The van der Waals surface area contributed by atoms with E-state index >= 15 is 0 Å². The summed E-state index contributed by atoms with van der Waals surface area (Å²) in [6.07, 6.45) is 3.04. The molecular formula is C11H15N. The topological polar surface area (TPSA) is 12.4 Å². The van der Waals surface area contributed by atoms with Gasteiger partial charge in [-0.3, -0.25) is 4.99 Å². The van der Waals surface area contributed by atoms with Crippen LogP contribution in [0, 0.1) is 5.92 Å². The highest BCUT2D eigenvalue weighted by Gasteiger charge is 1.88. The van der Waals surface area contributed by atoms with Gasteiger partial charge in [0.1, 0.15) is 0 Å². The first kappa shape index (κ1) is 8.98. The van der Waals surface area contributed by atoms with Gasteiger partial charge in [-0.25, -0.2) is 0 Å². The van der Waals surface area contributed by atoms with Crippen molar-refractivity contribution in [2.24, 2.45) is 10.9 Å². The van der Waals surface area contributed by atoms with Gasteiger partial charge in [-0.1, -0.05) is 32.0 Å². The van der Waals surface area contributed by atoms with Crippen molar-refractivity contribution in [3.8, 4) is 0 Å². The fourth-order valence-corrected chi connectivity index (χ4v) is 0.883. The van der Waals surface area contributed by atoms with E-state index in [2.05, 4.69) is 18.8 Å². The second kappa shape index (κ2) is 4.70. The molecule has 0 spiro atoms. The third-order valence-electron chi connectivity index (χ3n) is 1.57. The molecule has 1 heteroatoms. The van der Waals surface area contributed by atoms with Gasteiger partial charge in [0.25, 0.3) is 0 Å². The lowest BCUT2D eigenvalue weighted by atomic mass is 10.1. The molecule has 0 aliphatic carbocycles. The van der Waals surface area contributed by atoms with E-state index in [4.69, 9.17) is 0 Å². The second-order valence-corrected chi connectivity index (χ2v) is 3.28. The lowest BCUT2D eigenvalue weighted by Crippen LogP contribution is -1.85. The van der Waals surface area contributed by atoms with Crippen molar-refractivity contribution < 1.29 is 0 Å². The highest BCUT2D eigenvalue weighted by molar-refractivity contribution is 5.63. The molecule has 0 aliphatic rings. The van der Waals surface area contributed by atoms with E-state index in [1.807, 2.05) is 36.5 Å². The minimum Gasteiger partial charge on any atom is -0.261 e. The molecule has 0 saturated heterocycles. The number of aliphatic imine (C=N–C) groups is 1. The molecule has 0 amide bonds. The van der Waals surface area contributed by atoms with Gasteiger partial charge >= 0.3 is 0 Å². The van der Waals surface area contributed by atoms with Crippen LogP contribution >= 0.6 is 0 Å². The zero-order chi connectivity index (χ0) is 8.81. The SMILES string of the molecule is CC(C)CC=Nc1ccccc1. The molecule has 0 fully saturated rings. The first-order chi connectivity index (χ1) is 5.79. The van der Waals surface area contributed by atoms with Crippen molar-refractivity contribution in [3.63, 3.8) is 0 Å². The highest BCUT2D eigenvalue weighted by atomic mass is 14.7. The summed E-state index contributed by atoms with van der Waals surface area (Å²) in [6, 6.07) is 10.0. The van der Waals surface area contributed by atoms with Crippen molar-refractivity contribution in [2.75, 3.05) is 0 Å². The van der Waals surface area contributed by atoms with Crippen LogP contribution in [0.1, 0.15) is 20.3 Å². The Labute approximate surface area is 74.2 Å². The van der Waals surface area contributed by atoms with E-state index in [-0.39, 0.29) is 0 Å². The minimum atomic E-state index is 0.692. The number of nitrogens with zero attached hydrogens (tertiary/aromatic N) is 1. The highest BCUT2D eigenvalue weighted by Crippen LogP contribution is 2.09. The van der Waals surface area contributed by atoms with E-state index in [1.54, 1.807) is 0 Å². The summed E-state index contributed by atoms with van der Waals surface area (Å²) >= 11 is 0. The Kier molecular flexibility index (Phi) is 3.52. The third-order valence-corrected chi connectivity index (χ3v) is 1.57. The molecule has 1 aromatic carbocycles. The van der Waals surface area contributed by atoms with Gasteiger partial charge in [-0.2, -0.15) is 0 Å². The molecule has 0 radical (unpaired) electrons. The van der Waals surface area contributed by atoms with Crippen molar-refractivity contribution in [2.45, 2.75) is 20.3 Å². The average molecular weight is 161 g/mol. The van der Waals surface area contributed by atoms with Crippen LogP contribution in [0.4, 0.5) is 5.69 Å². The third kappa shape index (κ3) is 3.33. The van der Waals surface area contributed by atoms with Crippen molar-refractivity contribution in [1.29, 1.82) is 0 Å². The van der Waals surface area contributed by atoms with Gasteiger partial charge in [0.15, 0.2) is 0 Å². The Morgan fingerprint density at radius 3 is 2.50 bits per heavy atom. The molecule has 0 aliphatic heterocycles.